The molecule has 2 aromatic heterocycles. The van der Waals surface area contributed by atoms with Crippen LogP contribution in [-0.2, 0) is 17.1 Å². The van der Waals surface area contributed by atoms with Crippen LogP contribution < -0.4 is 0 Å². The quantitative estimate of drug-likeness (QED) is 0.812. The van der Waals surface area contributed by atoms with Crippen molar-refractivity contribution in [2.75, 3.05) is 13.1 Å². The first-order valence-electron chi connectivity index (χ1n) is 6.77. The standard InChI is InChI=1S/C12H18N6O2S/c1-9-12(10(2)16(3)15-9)21(19,20)17-7-4-11(8-17)18-13-5-6-14-18/h5-6,11H,4,7-8H2,1-3H3. The summed E-state index contributed by atoms with van der Waals surface area (Å²) in [6, 6.07) is -0.00735. The van der Waals surface area contributed by atoms with Gasteiger partial charge in [0.1, 0.15) is 4.90 Å². The van der Waals surface area contributed by atoms with Gasteiger partial charge in [-0.3, -0.25) is 4.68 Å². The van der Waals surface area contributed by atoms with Gasteiger partial charge >= 0.3 is 0 Å². The molecule has 1 fully saturated rings. The zero-order valence-electron chi connectivity index (χ0n) is 12.3. The summed E-state index contributed by atoms with van der Waals surface area (Å²) in [5, 5.41) is 12.4. The molecule has 0 aromatic carbocycles. The lowest BCUT2D eigenvalue weighted by Gasteiger charge is -2.16. The predicted octanol–water partition coefficient (Wildman–Crippen LogP) is 0.264. The molecule has 3 rings (SSSR count). The van der Waals surface area contributed by atoms with E-state index in [0.717, 1.165) is 0 Å². The van der Waals surface area contributed by atoms with Gasteiger partial charge in [0.2, 0.25) is 10.0 Å². The highest BCUT2D eigenvalue weighted by molar-refractivity contribution is 7.89. The molecule has 9 heteroatoms. The maximum atomic E-state index is 12.8. The SMILES string of the molecule is Cc1nn(C)c(C)c1S(=O)(=O)N1CCC(n2nccn2)C1. The van der Waals surface area contributed by atoms with Crippen LogP contribution in [0.3, 0.4) is 0 Å². The number of hydrogen-bond acceptors (Lipinski definition) is 5. The minimum atomic E-state index is -3.52. The van der Waals surface area contributed by atoms with E-state index >= 15 is 0 Å². The van der Waals surface area contributed by atoms with E-state index in [1.165, 1.54) is 4.31 Å². The number of aryl methyl sites for hydroxylation is 2. The van der Waals surface area contributed by atoms with Gasteiger partial charge < -0.3 is 0 Å². The van der Waals surface area contributed by atoms with Crippen molar-refractivity contribution in [1.29, 1.82) is 0 Å². The third-order valence-corrected chi connectivity index (χ3v) is 6.05. The summed E-state index contributed by atoms with van der Waals surface area (Å²) in [4.78, 5) is 1.90. The van der Waals surface area contributed by atoms with E-state index in [-0.39, 0.29) is 6.04 Å². The first kappa shape index (κ1) is 14.2. The van der Waals surface area contributed by atoms with Crippen LogP contribution in [0.15, 0.2) is 17.3 Å². The molecule has 1 aliphatic rings. The summed E-state index contributed by atoms with van der Waals surface area (Å²) in [7, 11) is -1.77. The number of nitrogens with zero attached hydrogens (tertiary/aromatic N) is 6. The molecule has 114 valence electrons. The van der Waals surface area contributed by atoms with E-state index in [0.29, 0.717) is 35.8 Å². The first-order chi connectivity index (χ1) is 9.91. The molecule has 0 N–H and O–H groups in total. The zero-order valence-corrected chi connectivity index (χ0v) is 13.1. The van der Waals surface area contributed by atoms with Crippen LogP contribution in [0.2, 0.25) is 0 Å². The lowest BCUT2D eigenvalue weighted by atomic mass is 10.3. The van der Waals surface area contributed by atoms with Gasteiger partial charge in [-0.15, -0.1) is 0 Å². The highest BCUT2D eigenvalue weighted by atomic mass is 32.2. The van der Waals surface area contributed by atoms with Gasteiger partial charge in [0.25, 0.3) is 0 Å². The Morgan fingerprint density at radius 2 is 1.90 bits per heavy atom. The van der Waals surface area contributed by atoms with Crippen molar-refractivity contribution in [1.82, 2.24) is 29.1 Å². The molecule has 0 amide bonds. The molecular formula is C12H18N6O2S. The van der Waals surface area contributed by atoms with E-state index in [9.17, 15) is 8.42 Å². The first-order valence-corrected chi connectivity index (χ1v) is 8.21. The fourth-order valence-electron chi connectivity index (χ4n) is 2.79. The van der Waals surface area contributed by atoms with Gasteiger partial charge in [-0.1, -0.05) is 0 Å². The van der Waals surface area contributed by atoms with E-state index < -0.39 is 10.0 Å². The maximum Gasteiger partial charge on any atom is 0.246 e. The highest BCUT2D eigenvalue weighted by Gasteiger charge is 2.36. The average molecular weight is 310 g/mol. The number of rotatable bonds is 3. The van der Waals surface area contributed by atoms with Crippen molar-refractivity contribution in [2.45, 2.75) is 31.2 Å². The van der Waals surface area contributed by atoms with E-state index in [4.69, 9.17) is 0 Å². The van der Waals surface area contributed by atoms with Gasteiger partial charge in [0, 0.05) is 20.1 Å². The average Bonchev–Trinajstić information content (AvgIpc) is 3.12. The van der Waals surface area contributed by atoms with Crippen LogP contribution in [0.1, 0.15) is 23.9 Å². The van der Waals surface area contributed by atoms with E-state index in [1.807, 2.05) is 0 Å². The smallest absolute Gasteiger partial charge is 0.246 e. The Bertz CT molecular complexity index is 749. The second-order valence-corrected chi connectivity index (χ2v) is 7.15. The number of sulfonamides is 1. The van der Waals surface area contributed by atoms with Crippen LogP contribution in [-0.4, -0.2) is 50.6 Å². The van der Waals surface area contributed by atoms with Gasteiger partial charge in [0.15, 0.2) is 0 Å². The van der Waals surface area contributed by atoms with E-state index in [1.54, 1.807) is 42.8 Å². The maximum absolute atomic E-state index is 12.8. The normalized spacial score (nSPS) is 20.2. The molecule has 1 aliphatic heterocycles. The van der Waals surface area contributed by atoms with Gasteiger partial charge in [0.05, 0.1) is 29.8 Å². The van der Waals surface area contributed by atoms with Crippen molar-refractivity contribution >= 4 is 10.0 Å². The summed E-state index contributed by atoms with van der Waals surface area (Å²) >= 11 is 0. The van der Waals surface area contributed by atoms with Crippen LogP contribution in [0.25, 0.3) is 0 Å². The van der Waals surface area contributed by atoms with Crippen LogP contribution in [0, 0.1) is 13.8 Å². The summed E-state index contributed by atoms with van der Waals surface area (Å²) in [6.07, 6.45) is 3.92. The molecule has 1 atom stereocenters. The molecule has 0 bridgehead atoms. The summed E-state index contributed by atoms with van der Waals surface area (Å²) < 4.78 is 28.8. The van der Waals surface area contributed by atoms with Crippen LogP contribution in [0.4, 0.5) is 0 Å². The van der Waals surface area contributed by atoms with Crippen LogP contribution >= 0.6 is 0 Å². The Morgan fingerprint density at radius 1 is 1.24 bits per heavy atom. The molecule has 21 heavy (non-hydrogen) atoms. The second kappa shape index (κ2) is 4.92. The van der Waals surface area contributed by atoms with Gasteiger partial charge in [-0.05, 0) is 20.3 Å². The number of aromatic nitrogens is 5. The molecule has 0 aliphatic carbocycles. The molecule has 0 radical (unpaired) electrons. The van der Waals surface area contributed by atoms with Crippen molar-refractivity contribution in [3.63, 3.8) is 0 Å². The Balaban J connectivity index is 1.90. The Labute approximate surface area is 123 Å². The second-order valence-electron chi connectivity index (χ2n) is 5.28. The van der Waals surface area contributed by atoms with Crippen molar-refractivity contribution in [2.24, 2.45) is 7.05 Å². The largest absolute Gasteiger partial charge is 0.271 e. The minimum absolute atomic E-state index is 0.00735. The van der Waals surface area contributed by atoms with Crippen molar-refractivity contribution in [3.8, 4) is 0 Å². The molecule has 2 aromatic rings. The highest BCUT2D eigenvalue weighted by Crippen LogP contribution is 2.29. The van der Waals surface area contributed by atoms with Crippen molar-refractivity contribution in [3.05, 3.63) is 23.8 Å². The van der Waals surface area contributed by atoms with E-state index in [2.05, 4.69) is 15.3 Å². The molecule has 0 spiro atoms. The zero-order chi connectivity index (χ0) is 15.2. The third kappa shape index (κ3) is 2.26. The fraction of sp³-hybridized carbons (Fsp3) is 0.583. The van der Waals surface area contributed by atoms with Gasteiger partial charge in [-0.25, -0.2) is 8.42 Å². The summed E-state index contributed by atoms with van der Waals surface area (Å²) in [5.74, 6) is 0. The van der Waals surface area contributed by atoms with Crippen LogP contribution in [0.5, 0.6) is 0 Å². The van der Waals surface area contributed by atoms with Gasteiger partial charge in [-0.2, -0.15) is 24.4 Å². The third-order valence-electron chi connectivity index (χ3n) is 3.93. The van der Waals surface area contributed by atoms with Crippen molar-refractivity contribution < 1.29 is 8.42 Å². The molecular weight excluding hydrogens is 292 g/mol. The Morgan fingerprint density at radius 3 is 2.48 bits per heavy atom. The summed E-state index contributed by atoms with van der Waals surface area (Å²) in [6.45, 7) is 4.37. The molecule has 8 nitrogen and oxygen atoms in total. The molecule has 1 unspecified atom stereocenters. The lowest BCUT2D eigenvalue weighted by molar-refractivity contribution is 0.402. The fourth-order valence-corrected chi connectivity index (χ4v) is 4.68. The monoisotopic (exact) mass is 310 g/mol. The number of hydrogen-bond donors (Lipinski definition) is 0. The lowest BCUT2D eigenvalue weighted by Crippen LogP contribution is -2.30. The molecule has 1 saturated heterocycles. The predicted molar refractivity (Wildman–Crippen MR) is 75.1 cm³/mol. The Hall–Kier alpha value is -1.74. The molecule has 0 saturated carbocycles. The Kier molecular flexibility index (Phi) is 3.33. The molecule has 3 heterocycles. The topological polar surface area (TPSA) is 85.9 Å². The summed E-state index contributed by atoms with van der Waals surface area (Å²) in [5.41, 5.74) is 1.20. The minimum Gasteiger partial charge on any atom is -0.271 e.